The van der Waals surface area contributed by atoms with Crippen LogP contribution in [0.1, 0.15) is 24.6 Å². The van der Waals surface area contributed by atoms with Crippen LogP contribution in [0.4, 0.5) is 0 Å². The lowest BCUT2D eigenvalue weighted by Gasteiger charge is -2.23. The minimum Gasteiger partial charge on any atom is -0.494 e. The fourth-order valence-electron chi connectivity index (χ4n) is 1.66. The lowest BCUT2D eigenvalue weighted by Crippen LogP contribution is -2.26. The van der Waals surface area contributed by atoms with Gasteiger partial charge in [0.15, 0.2) is 0 Å². The third-order valence-electron chi connectivity index (χ3n) is 2.43. The maximum atomic E-state index is 6.01. The van der Waals surface area contributed by atoms with Gasteiger partial charge in [0, 0.05) is 16.8 Å². The van der Waals surface area contributed by atoms with Crippen molar-refractivity contribution >= 4 is 11.3 Å². The monoisotopic (exact) mass is 237 g/mol. The van der Waals surface area contributed by atoms with E-state index in [1.54, 1.807) is 11.3 Å². The molecule has 0 amide bonds. The Morgan fingerprint density at radius 2 is 2.25 bits per heavy atom. The second kappa shape index (κ2) is 5.87. The standard InChI is InChI=1S/C13H19NOS/c1-5-15-11(4)9(2)13(10(3)14)12-7-6-8-16-12/h6-8,10,13H,2,4-5,14H2,1,3H3. The molecule has 2 N–H and O–H groups in total. The molecule has 2 atom stereocenters. The molecule has 2 nitrogen and oxygen atoms in total. The van der Waals surface area contributed by atoms with Gasteiger partial charge in [0.1, 0.15) is 5.76 Å². The Labute approximate surface area is 101 Å². The Kier molecular flexibility index (Phi) is 4.77. The third-order valence-corrected chi connectivity index (χ3v) is 3.38. The summed E-state index contributed by atoms with van der Waals surface area (Å²) in [7, 11) is 0. The van der Waals surface area contributed by atoms with E-state index in [1.807, 2.05) is 25.3 Å². The second-order valence-electron chi connectivity index (χ2n) is 3.73. The zero-order chi connectivity index (χ0) is 12.1. The first kappa shape index (κ1) is 13.0. The highest BCUT2D eigenvalue weighted by molar-refractivity contribution is 7.10. The lowest BCUT2D eigenvalue weighted by molar-refractivity contribution is 0.235. The van der Waals surface area contributed by atoms with Crippen LogP contribution in [-0.4, -0.2) is 12.6 Å². The molecule has 0 aliphatic heterocycles. The van der Waals surface area contributed by atoms with Crippen molar-refractivity contribution in [3.63, 3.8) is 0 Å². The van der Waals surface area contributed by atoms with Crippen molar-refractivity contribution in [3.05, 3.63) is 46.9 Å². The van der Waals surface area contributed by atoms with Gasteiger partial charge < -0.3 is 10.5 Å². The summed E-state index contributed by atoms with van der Waals surface area (Å²) in [6.45, 7) is 12.5. The molecular weight excluding hydrogens is 218 g/mol. The van der Waals surface area contributed by atoms with Crippen LogP contribution >= 0.6 is 11.3 Å². The van der Waals surface area contributed by atoms with Gasteiger partial charge in [0.2, 0.25) is 0 Å². The maximum absolute atomic E-state index is 6.01. The summed E-state index contributed by atoms with van der Waals surface area (Å²) in [5.41, 5.74) is 6.89. The summed E-state index contributed by atoms with van der Waals surface area (Å²) in [6.07, 6.45) is 0. The van der Waals surface area contributed by atoms with Crippen molar-refractivity contribution in [2.24, 2.45) is 5.73 Å². The van der Waals surface area contributed by atoms with Crippen LogP contribution in [0.3, 0.4) is 0 Å². The Morgan fingerprint density at radius 1 is 1.56 bits per heavy atom. The van der Waals surface area contributed by atoms with E-state index in [0.29, 0.717) is 12.4 Å². The topological polar surface area (TPSA) is 35.2 Å². The molecule has 3 heteroatoms. The predicted octanol–water partition coefficient (Wildman–Crippen LogP) is 3.29. The van der Waals surface area contributed by atoms with Crippen molar-refractivity contribution in [3.8, 4) is 0 Å². The number of rotatable bonds is 6. The van der Waals surface area contributed by atoms with E-state index in [2.05, 4.69) is 19.2 Å². The number of nitrogens with two attached hydrogens (primary N) is 1. The highest BCUT2D eigenvalue weighted by Gasteiger charge is 2.22. The SMILES string of the molecule is C=C(OCC)C(=C)C(c1cccs1)C(C)N. The van der Waals surface area contributed by atoms with Crippen molar-refractivity contribution in [1.82, 2.24) is 0 Å². The summed E-state index contributed by atoms with van der Waals surface area (Å²) >= 11 is 1.69. The largest absolute Gasteiger partial charge is 0.494 e. The molecule has 0 fully saturated rings. The Bertz CT molecular complexity index is 354. The molecule has 2 unspecified atom stereocenters. The first-order chi connectivity index (χ1) is 7.57. The molecule has 1 aromatic heterocycles. The number of hydrogen-bond acceptors (Lipinski definition) is 3. The summed E-state index contributed by atoms with van der Waals surface area (Å²) in [6, 6.07) is 4.10. The van der Waals surface area contributed by atoms with Crippen LogP contribution in [0.25, 0.3) is 0 Å². The summed E-state index contributed by atoms with van der Waals surface area (Å²) < 4.78 is 5.39. The van der Waals surface area contributed by atoms with Crippen molar-refractivity contribution < 1.29 is 4.74 Å². The predicted molar refractivity (Wildman–Crippen MR) is 70.6 cm³/mol. The highest BCUT2D eigenvalue weighted by Crippen LogP contribution is 2.33. The van der Waals surface area contributed by atoms with Crippen LogP contribution in [0.2, 0.25) is 0 Å². The van der Waals surface area contributed by atoms with E-state index in [0.717, 1.165) is 5.57 Å². The van der Waals surface area contributed by atoms with Crippen molar-refractivity contribution in [2.75, 3.05) is 6.61 Å². The van der Waals surface area contributed by atoms with Gasteiger partial charge in [0.25, 0.3) is 0 Å². The van der Waals surface area contributed by atoms with E-state index >= 15 is 0 Å². The van der Waals surface area contributed by atoms with E-state index in [9.17, 15) is 0 Å². The summed E-state index contributed by atoms with van der Waals surface area (Å²) in [5, 5.41) is 2.04. The van der Waals surface area contributed by atoms with E-state index < -0.39 is 0 Å². The fourth-order valence-corrected chi connectivity index (χ4v) is 2.63. The minimum atomic E-state index is 0.00311. The molecule has 0 aliphatic carbocycles. The molecule has 0 aliphatic rings. The van der Waals surface area contributed by atoms with Crippen LogP contribution in [-0.2, 0) is 4.74 Å². The van der Waals surface area contributed by atoms with Gasteiger partial charge in [0.05, 0.1) is 6.61 Å². The number of hydrogen-bond donors (Lipinski definition) is 1. The van der Waals surface area contributed by atoms with Gasteiger partial charge in [-0.2, -0.15) is 0 Å². The van der Waals surface area contributed by atoms with E-state index in [-0.39, 0.29) is 12.0 Å². The van der Waals surface area contributed by atoms with E-state index in [4.69, 9.17) is 10.5 Å². The van der Waals surface area contributed by atoms with E-state index in [1.165, 1.54) is 4.88 Å². The smallest absolute Gasteiger partial charge is 0.115 e. The highest BCUT2D eigenvalue weighted by atomic mass is 32.1. The van der Waals surface area contributed by atoms with Gasteiger partial charge >= 0.3 is 0 Å². The summed E-state index contributed by atoms with van der Waals surface area (Å²) in [5.74, 6) is 0.734. The van der Waals surface area contributed by atoms with Crippen LogP contribution < -0.4 is 5.73 Å². The van der Waals surface area contributed by atoms with Gasteiger partial charge in [-0.15, -0.1) is 11.3 Å². The number of ether oxygens (including phenoxy) is 1. The second-order valence-corrected chi connectivity index (χ2v) is 4.71. The van der Waals surface area contributed by atoms with Crippen molar-refractivity contribution in [1.29, 1.82) is 0 Å². The number of thiophene rings is 1. The molecule has 0 spiro atoms. The average molecular weight is 237 g/mol. The van der Waals surface area contributed by atoms with Crippen LogP contribution in [0, 0.1) is 0 Å². The maximum Gasteiger partial charge on any atom is 0.115 e. The Hall–Kier alpha value is -1.06. The molecule has 1 aromatic rings. The third kappa shape index (κ3) is 2.97. The van der Waals surface area contributed by atoms with Crippen LogP contribution in [0.5, 0.6) is 0 Å². The normalized spacial score (nSPS) is 14.2. The Morgan fingerprint density at radius 3 is 2.69 bits per heavy atom. The van der Waals surface area contributed by atoms with Gasteiger partial charge in [-0.3, -0.25) is 0 Å². The van der Waals surface area contributed by atoms with Gasteiger partial charge in [-0.05, 0) is 30.9 Å². The minimum absolute atomic E-state index is 0.00311. The molecule has 1 heterocycles. The first-order valence-electron chi connectivity index (χ1n) is 5.37. The molecule has 0 saturated carbocycles. The quantitative estimate of drug-likeness (QED) is 0.608. The zero-order valence-corrected chi connectivity index (χ0v) is 10.7. The molecule has 0 aromatic carbocycles. The summed E-state index contributed by atoms with van der Waals surface area (Å²) in [4.78, 5) is 1.21. The average Bonchev–Trinajstić information content (AvgIpc) is 2.71. The van der Waals surface area contributed by atoms with Crippen LogP contribution in [0.15, 0.2) is 42.0 Å². The van der Waals surface area contributed by atoms with Gasteiger partial charge in [-0.25, -0.2) is 0 Å². The zero-order valence-electron chi connectivity index (χ0n) is 9.90. The molecule has 1 rings (SSSR count). The molecule has 0 saturated heterocycles. The van der Waals surface area contributed by atoms with Gasteiger partial charge in [-0.1, -0.05) is 19.2 Å². The molecule has 0 bridgehead atoms. The Balaban J connectivity index is 2.87. The molecule has 16 heavy (non-hydrogen) atoms. The fraction of sp³-hybridized carbons (Fsp3) is 0.385. The molecule has 0 radical (unpaired) electrons. The molecular formula is C13H19NOS. The first-order valence-corrected chi connectivity index (χ1v) is 6.25. The lowest BCUT2D eigenvalue weighted by atomic mass is 9.91. The molecule has 88 valence electrons. The van der Waals surface area contributed by atoms with Crippen molar-refractivity contribution in [2.45, 2.75) is 25.8 Å². The number of allylic oxidation sites excluding steroid dienone is 1.